The SMILES string of the molecule is CCCCc1nc(O)c(S(=O)(=O)c2ccc(Br)cc2)c(O)c1N(C)c1cccc(C)c1. The number of hydrogen-bond acceptors (Lipinski definition) is 6. The largest absolute Gasteiger partial charge is 0.504 e. The number of aromatic nitrogens is 1. The van der Waals surface area contributed by atoms with Gasteiger partial charge in [0, 0.05) is 17.2 Å². The van der Waals surface area contributed by atoms with E-state index in [-0.39, 0.29) is 10.6 Å². The van der Waals surface area contributed by atoms with Crippen LogP contribution in [0.15, 0.2) is 62.8 Å². The van der Waals surface area contributed by atoms with Gasteiger partial charge in [0.25, 0.3) is 0 Å². The van der Waals surface area contributed by atoms with Crippen molar-refractivity contribution in [1.82, 2.24) is 4.98 Å². The molecule has 1 heterocycles. The highest BCUT2D eigenvalue weighted by Gasteiger charge is 2.32. The van der Waals surface area contributed by atoms with Gasteiger partial charge >= 0.3 is 0 Å². The van der Waals surface area contributed by atoms with Crippen LogP contribution >= 0.6 is 15.9 Å². The topological polar surface area (TPSA) is 90.7 Å². The van der Waals surface area contributed by atoms with Gasteiger partial charge in [-0.3, -0.25) is 0 Å². The molecule has 1 aromatic heterocycles. The molecule has 0 radical (unpaired) electrons. The molecule has 0 aliphatic carbocycles. The first-order valence-corrected chi connectivity index (χ1v) is 12.2. The summed E-state index contributed by atoms with van der Waals surface area (Å²) in [4.78, 5) is 5.28. The number of pyridine rings is 1. The Morgan fingerprint density at radius 1 is 1.10 bits per heavy atom. The summed E-state index contributed by atoms with van der Waals surface area (Å²) in [6, 6.07) is 13.6. The number of anilines is 2. The van der Waals surface area contributed by atoms with Crippen LogP contribution in [0.3, 0.4) is 0 Å². The lowest BCUT2D eigenvalue weighted by molar-refractivity contribution is 0.405. The van der Waals surface area contributed by atoms with E-state index in [9.17, 15) is 18.6 Å². The molecular formula is C23H25BrN2O4S. The maximum atomic E-state index is 13.3. The maximum absolute atomic E-state index is 13.3. The molecule has 31 heavy (non-hydrogen) atoms. The third-order valence-electron chi connectivity index (χ3n) is 5.04. The van der Waals surface area contributed by atoms with E-state index in [0.29, 0.717) is 16.6 Å². The number of nitrogens with zero attached hydrogens (tertiary/aromatic N) is 2. The highest BCUT2D eigenvalue weighted by Crippen LogP contribution is 2.45. The van der Waals surface area contributed by atoms with Gasteiger partial charge in [-0.05, 0) is 61.7 Å². The summed E-state index contributed by atoms with van der Waals surface area (Å²) in [6.07, 6.45) is 2.15. The normalized spacial score (nSPS) is 11.5. The van der Waals surface area contributed by atoms with E-state index in [1.54, 1.807) is 24.1 Å². The number of benzene rings is 2. The fourth-order valence-electron chi connectivity index (χ4n) is 3.40. The number of aromatic hydroxyl groups is 2. The van der Waals surface area contributed by atoms with Gasteiger partial charge in [-0.2, -0.15) is 0 Å². The molecular weight excluding hydrogens is 480 g/mol. The third-order valence-corrected chi connectivity index (χ3v) is 7.38. The molecule has 3 aromatic rings. The van der Waals surface area contributed by atoms with Crippen LogP contribution in [0, 0.1) is 6.92 Å². The zero-order chi connectivity index (χ0) is 22.8. The zero-order valence-electron chi connectivity index (χ0n) is 17.6. The van der Waals surface area contributed by atoms with Crippen molar-refractivity contribution < 1.29 is 18.6 Å². The van der Waals surface area contributed by atoms with Crippen molar-refractivity contribution >= 4 is 37.1 Å². The molecule has 0 fully saturated rings. The minimum atomic E-state index is -4.21. The highest BCUT2D eigenvalue weighted by atomic mass is 79.9. The number of hydrogen-bond donors (Lipinski definition) is 2. The minimum Gasteiger partial charge on any atom is -0.504 e. The summed E-state index contributed by atoms with van der Waals surface area (Å²) in [6.45, 7) is 3.98. The quantitative estimate of drug-likeness (QED) is 0.440. The number of unbranched alkanes of at least 4 members (excludes halogenated alkanes) is 1. The molecule has 0 amide bonds. The number of halogens is 1. The van der Waals surface area contributed by atoms with Crippen LogP contribution in [0.4, 0.5) is 11.4 Å². The molecule has 0 atom stereocenters. The molecule has 0 saturated heterocycles. The van der Waals surface area contributed by atoms with E-state index in [1.807, 2.05) is 38.1 Å². The van der Waals surface area contributed by atoms with Crippen molar-refractivity contribution in [2.75, 3.05) is 11.9 Å². The Balaban J connectivity index is 2.24. The van der Waals surface area contributed by atoms with E-state index in [4.69, 9.17) is 0 Å². The van der Waals surface area contributed by atoms with Crippen molar-refractivity contribution in [3.8, 4) is 11.6 Å². The Bertz CT molecular complexity index is 1190. The summed E-state index contributed by atoms with van der Waals surface area (Å²) in [5, 5.41) is 21.7. The van der Waals surface area contributed by atoms with E-state index < -0.39 is 26.4 Å². The Kier molecular flexibility index (Phi) is 6.91. The van der Waals surface area contributed by atoms with E-state index in [0.717, 1.165) is 24.1 Å². The first-order chi connectivity index (χ1) is 14.7. The smallest absolute Gasteiger partial charge is 0.234 e. The monoisotopic (exact) mass is 504 g/mol. The van der Waals surface area contributed by atoms with Crippen LogP contribution in [0.1, 0.15) is 31.0 Å². The lowest BCUT2D eigenvalue weighted by atomic mass is 10.1. The molecule has 2 N–H and O–H groups in total. The summed E-state index contributed by atoms with van der Waals surface area (Å²) in [7, 11) is -2.47. The zero-order valence-corrected chi connectivity index (χ0v) is 20.0. The fraction of sp³-hybridized carbons (Fsp3) is 0.261. The average Bonchev–Trinajstić information content (AvgIpc) is 2.71. The Labute approximate surface area is 191 Å². The second-order valence-corrected chi connectivity index (χ2v) is 10.2. The summed E-state index contributed by atoms with van der Waals surface area (Å²) < 4.78 is 27.3. The van der Waals surface area contributed by atoms with Crippen molar-refractivity contribution in [1.29, 1.82) is 0 Å². The van der Waals surface area contributed by atoms with Gasteiger partial charge in [0.05, 0.1) is 10.6 Å². The molecule has 0 bridgehead atoms. The summed E-state index contributed by atoms with van der Waals surface area (Å²) in [5.41, 5.74) is 2.50. The van der Waals surface area contributed by atoms with Gasteiger partial charge < -0.3 is 15.1 Å². The summed E-state index contributed by atoms with van der Waals surface area (Å²) >= 11 is 3.28. The van der Waals surface area contributed by atoms with E-state index in [2.05, 4.69) is 20.9 Å². The second-order valence-electron chi connectivity index (χ2n) is 7.37. The molecule has 8 heteroatoms. The minimum absolute atomic E-state index is 0.0476. The van der Waals surface area contributed by atoms with Crippen molar-refractivity contribution in [2.24, 2.45) is 0 Å². The second kappa shape index (κ2) is 9.28. The maximum Gasteiger partial charge on any atom is 0.234 e. The lowest BCUT2D eigenvalue weighted by Crippen LogP contribution is -2.16. The van der Waals surface area contributed by atoms with Crippen molar-refractivity contribution in [3.05, 3.63) is 64.3 Å². The van der Waals surface area contributed by atoms with Gasteiger partial charge in [-0.25, -0.2) is 13.4 Å². The molecule has 0 aliphatic heterocycles. The average molecular weight is 505 g/mol. The predicted octanol–water partition coefficient (Wildman–Crippen LogP) is 5.51. The van der Waals surface area contributed by atoms with Crippen LogP contribution in [0.2, 0.25) is 0 Å². The van der Waals surface area contributed by atoms with Crippen LogP contribution in [-0.2, 0) is 16.3 Å². The molecule has 2 aromatic carbocycles. The number of rotatable bonds is 7. The number of sulfone groups is 1. The first-order valence-electron chi connectivity index (χ1n) is 9.92. The molecule has 0 unspecified atom stereocenters. The molecule has 0 spiro atoms. The van der Waals surface area contributed by atoms with Gasteiger partial charge in [0.1, 0.15) is 5.69 Å². The van der Waals surface area contributed by atoms with Gasteiger partial charge in [0.15, 0.2) is 10.6 Å². The lowest BCUT2D eigenvalue weighted by Gasteiger charge is -2.25. The standard InChI is InChI=1S/C23H25BrN2O4S/c1-4-5-9-19-20(26(3)17-8-6-7-15(2)14-17)21(27)22(23(28)25-19)31(29,30)18-12-10-16(24)11-13-18/h6-8,10-14H,4-5,9H2,1-3H3,(H2,25,27,28). The van der Waals surface area contributed by atoms with Gasteiger partial charge in [0.2, 0.25) is 15.7 Å². The highest BCUT2D eigenvalue weighted by molar-refractivity contribution is 9.10. The van der Waals surface area contributed by atoms with Gasteiger partial charge in [-0.15, -0.1) is 0 Å². The fourth-order valence-corrected chi connectivity index (χ4v) is 5.03. The van der Waals surface area contributed by atoms with E-state index in [1.165, 1.54) is 12.1 Å². The molecule has 164 valence electrons. The van der Waals surface area contributed by atoms with E-state index >= 15 is 0 Å². The Hall–Kier alpha value is -2.58. The Morgan fingerprint density at radius 2 is 1.77 bits per heavy atom. The van der Waals surface area contributed by atoms with Crippen LogP contribution in [0.5, 0.6) is 11.6 Å². The van der Waals surface area contributed by atoms with Crippen LogP contribution < -0.4 is 4.90 Å². The Morgan fingerprint density at radius 3 is 2.39 bits per heavy atom. The van der Waals surface area contributed by atoms with Crippen molar-refractivity contribution in [3.63, 3.8) is 0 Å². The predicted molar refractivity (Wildman–Crippen MR) is 125 cm³/mol. The third kappa shape index (κ3) is 4.70. The van der Waals surface area contributed by atoms with Crippen LogP contribution in [0.25, 0.3) is 0 Å². The summed E-state index contributed by atoms with van der Waals surface area (Å²) in [5.74, 6) is -1.21. The van der Waals surface area contributed by atoms with Crippen LogP contribution in [-0.4, -0.2) is 30.7 Å². The molecule has 0 saturated carbocycles. The number of aryl methyl sites for hydroxylation is 2. The van der Waals surface area contributed by atoms with Gasteiger partial charge in [-0.1, -0.05) is 41.4 Å². The molecule has 6 nitrogen and oxygen atoms in total. The van der Waals surface area contributed by atoms with Crippen molar-refractivity contribution in [2.45, 2.75) is 42.9 Å². The molecule has 0 aliphatic rings. The molecule has 3 rings (SSSR count). The first kappa shape index (κ1) is 23.1.